The molecule has 0 atom stereocenters. The topological polar surface area (TPSA) is 41.3 Å². The van der Waals surface area contributed by atoms with Gasteiger partial charge in [0.15, 0.2) is 0 Å². The molecule has 0 bridgehead atoms. The van der Waals surface area contributed by atoms with E-state index in [1.54, 1.807) is 0 Å². The van der Waals surface area contributed by atoms with E-state index >= 15 is 0 Å². The van der Waals surface area contributed by atoms with Crippen LogP contribution in [0.3, 0.4) is 0 Å². The van der Waals surface area contributed by atoms with E-state index in [0.29, 0.717) is 5.92 Å². The minimum atomic E-state index is -0.360. The lowest BCUT2D eigenvalue weighted by atomic mass is 9.88. The van der Waals surface area contributed by atoms with Gasteiger partial charge >= 0.3 is 0 Å². The van der Waals surface area contributed by atoms with E-state index < -0.39 is 0 Å². The van der Waals surface area contributed by atoms with E-state index in [4.69, 9.17) is 0 Å². The minimum absolute atomic E-state index is 0.360. The molecule has 0 unspecified atom stereocenters. The average Bonchev–Trinajstić information content (AvgIpc) is 2.98. The summed E-state index contributed by atoms with van der Waals surface area (Å²) >= 11 is 0. The molecule has 1 saturated carbocycles. The van der Waals surface area contributed by atoms with Gasteiger partial charge in [0.2, 0.25) is 0 Å². The van der Waals surface area contributed by atoms with Crippen molar-refractivity contribution in [3.63, 3.8) is 0 Å². The van der Waals surface area contributed by atoms with Gasteiger partial charge in [-0.25, -0.2) is 0 Å². The Balaban J connectivity index is 1.53. The van der Waals surface area contributed by atoms with Gasteiger partial charge in [-0.3, -0.25) is 9.58 Å². The fraction of sp³-hybridized carbons (Fsp3) is 0.750. The van der Waals surface area contributed by atoms with Crippen LogP contribution in [0.4, 0.5) is 0 Å². The van der Waals surface area contributed by atoms with Crippen molar-refractivity contribution >= 4 is 0 Å². The summed E-state index contributed by atoms with van der Waals surface area (Å²) in [6, 6.07) is 0. The second-order valence-electron chi connectivity index (χ2n) is 5.23. The Labute approximate surface area is 95.9 Å². The van der Waals surface area contributed by atoms with Crippen LogP contribution in [0.5, 0.6) is 0 Å². The molecule has 4 heteroatoms. The van der Waals surface area contributed by atoms with E-state index in [1.165, 1.54) is 18.4 Å². The number of aromatic nitrogens is 2. The zero-order valence-electron chi connectivity index (χ0n) is 9.76. The third-order valence-electron chi connectivity index (χ3n) is 3.75. The van der Waals surface area contributed by atoms with Crippen molar-refractivity contribution in [3.8, 4) is 0 Å². The van der Waals surface area contributed by atoms with Gasteiger partial charge in [0.1, 0.15) is 0 Å². The zero-order chi connectivity index (χ0) is 11.2. The summed E-state index contributed by atoms with van der Waals surface area (Å²) in [6.45, 7) is 5.62. The SMILES string of the molecule is CCn1cc(CN2CC(O)(C3CC3)C2)cn1. The molecule has 88 valence electrons. The predicted octanol–water partition coefficient (Wildman–Crippen LogP) is 0.860. The van der Waals surface area contributed by atoms with Crippen LogP contribution in [-0.2, 0) is 13.1 Å². The number of likely N-dealkylation sites (tertiary alicyclic amines) is 1. The van der Waals surface area contributed by atoms with Crippen molar-refractivity contribution in [2.75, 3.05) is 13.1 Å². The Bertz CT molecular complexity index is 377. The van der Waals surface area contributed by atoms with Gasteiger partial charge in [-0.2, -0.15) is 5.10 Å². The Morgan fingerprint density at radius 1 is 1.50 bits per heavy atom. The molecule has 1 aliphatic carbocycles. The molecular formula is C12H19N3O. The van der Waals surface area contributed by atoms with Crippen molar-refractivity contribution in [2.45, 2.75) is 38.5 Å². The average molecular weight is 221 g/mol. The van der Waals surface area contributed by atoms with Gasteiger partial charge in [-0.15, -0.1) is 0 Å². The molecule has 2 heterocycles. The van der Waals surface area contributed by atoms with Crippen LogP contribution in [0, 0.1) is 5.92 Å². The highest BCUT2D eigenvalue weighted by molar-refractivity contribution is 5.10. The molecule has 1 aromatic rings. The Morgan fingerprint density at radius 3 is 2.81 bits per heavy atom. The fourth-order valence-corrected chi connectivity index (χ4v) is 2.64. The van der Waals surface area contributed by atoms with Crippen LogP contribution < -0.4 is 0 Å². The summed E-state index contributed by atoms with van der Waals surface area (Å²) in [4.78, 5) is 2.30. The summed E-state index contributed by atoms with van der Waals surface area (Å²) in [7, 11) is 0. The Morgan fingerprint density at radius 2 is 2.25 bits per heavy atom. The molecule has 0 aromatic carbocycles. The molecule has 2 aliphatic rings. The molecule has 3 rings (SSSR count). The molecule has 1 saturated heterocycles. The van der Waals surface area contributed by atoms with Crippen LogP contribution in [-0.4, -0.2) is 38.5 Å². The molecule has 1 aliphatic heterocycles. The smallest absolute Gasteiger partial charge is 0.0928 e. The number of hydrogen-bond donors (Lipinski definition) is 1. The van der Waals surface area contributed by atoms with Crippen molar-refractivity contribution < 1.29 is 5.11 Å². The molecule has 0 spiro atoms. The number of aryl methyl sites for hydroxylation is 1. The summed E-state index contributed by atoms with van der Waals surface area (Å²) in [6.07, 6.45) is 6.46. The molecule has 16 heavy (non-hydrogen) atoms. The Hall–Kier alpha value is -0.870. The molecule has 0 amide bonds. The summed E-state index contributed by atoms with van der Waals surface area (Å²) < 4.78 is 1.95. The molecule has 4 nitrogen and oxygen atoms in total. The standard InChI is InChI=1S/C12H19N3O/c1-2-15-7-10(5-13-15)6-14-8-12(16,9-14)11-3-4-11/h5,7,11,16H,2-4,6,8-9H2,1H3. The van der Waals surface area contributed by atoms with Crippen molar-refractivity contribution in [1.82, 2.24) is 14.7 Å². The number of hydrogen-bond acceptors (Lipinski definition) is 3. The molecule has 0 radical (unpaired) electrons. The summed E-state index contributed by atoms with van der Waals surface area (Å²) in [5, 5.41) is 14.4. The molecular weight excluding hydrogens is 202 g/mol. The Kier molecular flexibility index (Phi) is 2.30. The van der Waals surface area contributed by atoms with Crippen LogP contribution in [0.15, 0.2) is 12.4 Å². The van der Waals surface area contributed by atoms with E-state index in [0.717, 1.165) is 26.2 Å². The van der Waals surface area contributed by atoms with E-state index in [1.807, 2.05) is 10.9 Å². The summed E-state index contributed by atoms with van der Waals surface area (Å²) in [5.74, 6) is 0.585. The molecule has 1 N–H and O–H groups in total. The van der Waals surface area contributed by atoms with Gasteiger partial charge in [-0.05, 0) is 25.7 Å². The van der Waals surface area contributed by atoms with Crippen molar-refractivity contribution in [2.24, 2.45) is 5.92 Å². The van der Waals surface area contributed by atoms with Crippen molar-refractivity contribution in [3.05, 3.63) is 18.0 Å². The summed E-state index contributed by atoms with van der Waals surface area (Å²) in [5.41, 5.74) is 0.889. The quantitative estimate of drug-likeness (QED) is 0.820. The first kappa shape index (κ1) is 10.3. The lowest BCUT2D eigenvalue weighted by Crippen LogP contribution is -2.62. The predicted molar refractivity (Wildman–Crippen MR) is 60.9 cm³/mol. The van der Waals surface area contributed by atoms with Crippen LogP contribution >= 0.6 is 0 Å². The highest BCUT2D eigenvalue weighted by Gasteiger charge is 2.51. The highest BCUT2D eigenvalue weighted by atomic mass is 16.3. The second-order valence-corrected chi connectivity index (χ2v) is 5.23. The number of nitrogens with zero attached hydrogens (tertiary/aromatic N) is 3. The lowest BCUT2D eigenvalue weighted by molar-refractivity contribution is -0.116. The first-order chi connectivity index (χ1) is 7.69. The first-order valence-electron chi connectivity index (χ1n) is 6.16. The normalized spacial score (nSPS) is 24.4. The van der Waals surface area contributed by atoms with Crippen LogP contribution in [0.1, 0.15) is 25.3 Å². The van der Waals surface area contributed by atoms with Gasteiger partial charge < -0.3 is 5.11 Å². The molecule has 1 aromatic heterocycles. The third-order valence-corrected chi connectivity index (χ3v) is 3.75. The molecule has 2 fully saturated rings. The van der Waals surface area contributed by atoms with E-state index in [-0.39, 0.29) is 5.60 Å². The van der Waals surface area contributed by atoms with Gasteiger partial charge in [-0.1, -0.05) is 0 Å². The third kappa shape index (κ3) is 1.76. The highest BCUT2D eigenvalue weighted by Crippen LogP contribution is 2.44. The van der Waals surface area contributed by atoms with E-state index in [2.05, 4.69) is 23.1 Å². The van der Waals surface area contributed by atoms with E-state index in [9.17, 15) is 5.11 Å². The maximum Gasteiger partial charge on any atom is 0.0928 e. The van der Waals surface area contributed by atoms with Gasteiger partial charge in [0, 0.05) is 37.9 Å². The van der Waals surface area contributed by atoms with Crippen LogP contribution in [0.2, 0.25) is 0 Å². The number of rotatable bonds is 4. The van der Waals surface area contributed by atoms with Gasteiger partial charge in [0.05, 0.1) is 11.8 Å². The maximum atomic E-state index is 10.2. The second kappa shape index (κ2) is 3.57. The maximum absolute atomic E-state index is 10.2. The monoisotopic (exact) mass is 221 g/mol. The van der Waals surface area contributed by atoms with Crippen LogP contribution in [0.25, 0.3) is 0 Å². The largest absolute Gasteiger partial charge is 0.387 e. The fourth-order valence-electron chi connectivity index (χ4n) is 2.64. The van der Waals surface area contributed by atoms with Gasteiger partial charge in [0.25, 0.3) is 0 Å². The number of aliphatic hydroxyl groups is 1. The number of β-amino-alcohol motifs (C(OH)–C–C–N with tert-alkyl or cyclic N) is 1. The minimum Gasteiger partial charge on any atom is -0.387 e. The van der Waals surface area contributed by atoms with Crippen molar-refractivity contribution in [1.29, 1.82) is 0 Å². The first-order valence-corrected chi connectivity index (χ1v) is 6.16. The lowest BCUT2D eigenvalue weighted by Gasteiger charge is -2.47. The zero-order valence-corrected chi connectivity index (χ0v) is 9.76.